The van der Waals surface area contributed by atoms with Crippen LogP contribution in [0.4, 0.5) is 0 Å². The van der Waals surface area contributed by atoms with Gasteiger partial charge in [-0.25, -0.2) is 0 Å². The molecule has 0 aliphatic rings. The van der Waals surface area contributed by atoms with Gasteiger partial charge in [0, 0.05) is 0 Å². The summed E-state index contributed by atoms with van der Waals surface area (Å²) in [7, 11) is 0. The predicted molar refractivity (Wildman–Crippen MR) is 68.4 cm³/mol. The topological polar surface area (TPSA) is 29.5 Å². The lowest BCUT2D eigenvalue weighted by Gasteiger charge is -2.12. The van der Waals surface area contributed by atoms with Crippen LogP contribution in [0.5, 0.6) is 11.5 Å². The summed E-state index contributed by atoms with van der Waals surface area (Å²) in [5.41, 5.74) is 3.59. The van der Waals surface area contributed by atoms with E-state index in [1.165, 1.54) is 16.7 Å². The highest BCUT2D eigenvalue weighted by atomic mass is 16.5. The molecule has 2 nitrogen and oxygen atoms in total. The van der Waals surface area contributed by atoms with Crippen molar-refractivity contribution in [2.45, 2.75) is 20.5 Å². The Morgan fingerprint density at radius 2 is 1.59 bits per heavy atom. The first-order valence-electron chi connectivity index (χ1n) is 5.64. The van der Waals surface area contributed by atoms with Crippen LogP contribution < -0.4 is 4.74 Å². The summed E-state index contributed by atoms with van der Waals surface area (Å²) in [6, 6.07) is 13.2. The molecular weight excluding hydrogens is 212 g/mol. The van der Waals surface area contributed by atoms with E-state index in [9.17, 15) is 5.11 Å². The second-order valence-corrected chi connectivity index (χ2v) is 4.13. The fraction of sp³-hybridized carbons (Fsp3) is 0.200. The van der Waals surface area contributed by atoms with Crippen LogP contribution >= 0.6 is 0 Å². The lowest BCUT2D eigenvalue weighted by Crippen LogP contribution is -2.00. The number of hydrogen-bond acceptors (Lipinski definition) is 2. The zero-order chi connectivity index (χ0) is 12.3. The highest BCUT2D eigenvalue weighted by molar-refractivity contribution is 5.39. The molecule has 0 bridgehead atoms. The zero-order valence-corrected chi connectivity index (χ0v) is 10.1. The van der Waals surface area contributed by atoms with Crippen molar-refractivity contribution >= 4 is 0 Å². The number of ether oxygens (including phenoxy) is 1. The van der Waals surface area contributed by atoms with Crippen LogP contribution in [0.15, 0.2) is 42.5 Å². The normalized spacial score (nSPS) is 10.2. The van der Waals surface area contributed by atoms with Crippen molar-refractivity contribution < 1.29 is 9.84 Å². The molecule has 88 valence electrons. The van der Waals surface area contributed by atoms with E-state index in [-0.39, 0.29) is 5.75 Å². The number of phenolic OH excluding ortho intramolecular Hbond substituents is 1. The van der Waals surface area contributed by atoms with Crippen LogP contribution in [0.25, 0.3) is 0 Å². The Hall–Kier alpha value is -1.96. The fourth-order valence-corrected chi connectivity index (χ4v) is 1.81. The van der Waals surface area contributed by atoms with E-state index >= 15 is 0 Å². The summed E-state index contributed by atoms with van der Waals surface area (Å²) in [5.74, 6) is 0.703. The van der Waals surface area contributed by atoms with E-state index in [1.54, 1.807) is 18.2 Å². The first-order chi connectivity index (χ1) is 8.18. The molecule has 0 atom stereocenters. The van der Waals surface area contributed by atoms with Gasteiger partial charge in [0.1, 0.15) is 6.61 Å². The van der Waals surface area contributed by atoms with Gasteiger partial charge in [0.15, 0.2) is 11.5 Å². The van der Waals surface area contributed by atoms with E-state index in [4.69, 9.17) is 4.74 Å². The Morgan fingerprint density at radius 1 is 0.941 bits per heavy atom. The molecule has 0 fully saturated rings. The smallest absolute Gasteiger partial charge is 0.161 e. The summed E-state index contributed by atoms with van der Waals surface area (Å²) in [4.78, 5) is 0. The molecule has 17 heavy (non-hydrogen) atoms. The number of hydrogen-bond donors (Lipinski definition) is 1. The van der Waals surface area contributed by atoms with Crippen molar-refractivity contribution in [3.8, 4) is 11.5 Å². The maximum Gasteiger partial charge on any atom is 0.161 e. The van der Waals surface area contributed by atoms with Gasteiger partial charge in [-0.1, -0.05) is 30.3 Å². The minimum absolute atomic E-state index is 0.179. The standard InChI is InChI=1S/C15H16O2/c1-11-6-5-7-12(2)13(11)10-17-15-9-4-3-8-14(15)16/h3-9,16H,10H2,1-2H3. The zero-order valence-electron chi connectivity index (χ0n) is 10.1. The van der Waals surface area contributed by atoms with Crippen LogP contribution in [-0.4, -0.2) is 5.11 Å². The molecule has 2 aromatic rings. The number of aryl methyl sites for hydroxylation is 2. The average molecular weight is 228 g/mol. The molecule has 0 saturated heterocycles. The Balaban J connectivity index is 2.16. The van der Waals surface area contributed by atoms with Gasteiger partial charge in [-0.05, 0) is 42.7 Å². The summed E-state index contributed by atoms with van der Waals surface area (Å²) < 4.78 is 5.63. The maximum absolute atomic E-state index is 9.60. The molecule has 1 N–H and O–H groups in total. The molecule has 0 heterocycles. The lowest BCUT2D eigenvalue weighted by molar-refractivity contribution is 0.287. The van der Waals surface area contributed by atoms with Crippen LogP contribution in [0.3, 0.4) is 0 Å². The molecule has 0 aromatic heterocycles. The molecule has 0 aliphatic heterocycles. The Bertz CT molecular complexity index is 498. The van der Waals surface area contributed by atoms with Crippen molar-refractivity contribution in [3.63, 3.8) is 0 Å². The third-order valence-electron chi connectivity index (χ3n) is 2.88. The van der Waals surface area contributed by atoms with Crippen molar-refractivity contribution in [2.75, 3.05) is 0 Å². The summed E-state index contributed by atoms with van der Waals surface area (Å²) in [6.07, 6.45) is 0. The average Bonchev–Trinajstić information content (AvgIpc) is 2.30. The van der Waals surface area contributed by atoms with Crippen LogP contribution in [0.2, 0.25) is 0 Å². The molecule has 0 saturated carbocycles. The second-order valence-electron chi connectivity index (χ2n) is 4.13. The van der Waals surface area contributed by atoms with Gasteiger partial charge in [-0.2, -0.15) is 0 Å². The van der Waals surface area contributed by atoms with Gasteiger partial charge in [-0.3, -0.25) is 0 Å². The molecule has 0 radical (unpaired) electrons. The third-order valence-corrected chi connectivity index (χ3v) is 2.88. The lowest BCUT2D eigenvalue weighted by atomic mass is 10.0. The van der Waals surface area contributed by atoms with Crippen molar-refractivity contribution in [2.24, 2.45) is 0 Å². The predicted octanol–water partition coefficient (Wildman–Crippen LogP) is 3.59. The number of phenols is 1. The molecular formula is C15H16O2. The first-order valence-corrected chi connectivity index (χ1v) is 5.64. The number of aromatic hydroxyl groups is 1. The summed E-state index contributed by atoms with van der Waals surface area (Å²) >= 11 is 0. The minimum Gasteiger partial charge on any atom is -0.504 e. The van der Waals surface area contributed by atoms with Crippen molar-refractivity contribution in [3.05, 3.63) is 59.2 Å². The highest BCUT2D eigenvalue weighted by Gasteiger charge is 2.05. The largest absolute Gasteiger partial charge is 0.504 e. The van der Waals surface area contributed by atoms with Crippen LogP contribution in [0.1, 0.15) is 16.7 Å². The molecule has 0 aliphatic carbocycles. The third kappa shape index (κ3) is 2.59. The van der Waals surface area contributed by atoms with Crippen molar-refractivity contribution in [1.82, 2.24) is 0 Å². The summed E-state index contributed by atoms with van der Waals surface area (Å²) in [6.45, 7) is 4.61. The van der Waals surface area contributed by atoms with E-state index in [2.05, 4.69) is 26.0 Å². The van der Waals surface area contributed by atoms with E-state index < -0.39 is 0 Å². The van der Waals surface area contributed by atoms with Crippen LogP contribution in [0, 0.1) is 13.8 Å². The minimum atomic E-state index is 0.179. The SMILES string of the molecule is Cc1cccc(C)c1COc1ccccc1O. The fourth-order valence-electron chi connectivity index (χ4n) is 1.81. The first kappa shape index (κ1) is 11.5. The van der Waals surface area contributed by atoms with Gasteiger partial charge in [0.2, 0.25) is 0 Å². The van der Waals surface area contributed by atoms with Gasteiger partial charge >= 0.3 is 0 Å². The van der Waals surface area contributed by atoms with Crippen molar-refractivity contribution in [1.29, 1.82) is 0 Å². The monoisotopic (exact) mass is 228 g/mol. The van der Waals surface area contributed by atoms with Gasteiger partial charge in [0.25, 0.3) is 0 Å². The van der Waals surface area contributed by atoms with Crippen LogP contribution in [-0.2, 0) is 6.61 Å². The maximum atomic E-state index is 9.60. The van der Waals surface area contributed by atoms with Gasteiger partial charge in [-0.15, -0.1) is 0 Å². The van der Waals surface area contributed by atoms with E-state index in [1.807, 2.05) is 12.1 Å². The number of rotatable bonds is 3. The molecule has 0 unspecified atom stereocenters. The molecule has 2 heteroatoms. The Morgan fingerprint density at radius 3 is 2.24 bits per heavy atom. The number of para-hydroxylation sites is 2. The Kier molecular flexibility index (Phi) is 3.33. The quantitative estimate of drug-likeness (QED) is 0.870. The Labute approximate surface area is 101 Å². The molecule has 2 rings (SSSR count). The molecule has 0 spiro atoms. The highest BCUT2D eigenvalue weighted by Crippen LogP contribution is 2.26. The van der Waals surface area contributed by atoms with E-state index in [0.29, 0.717) is 12.4 Å². The summed E-state index contributed by atoms with van der Waals surface area (Å²) in [5, 5.41) is 9.60. The van der Waals surface area contributed by atoms with E-state index in [0.717, 1.165) is 0 Å². The second kappa shape index (κ2) is 4.91. The number of benzene rings is 2. The molecule has 0 amide bonds. The molecule has 2 aromatic carbocycles. The van der Waals surface area contributed by atoms with Gasteiger partial charge in [0.05, 0.1) is 0 Å². The van der Waals surface area contributed by atoms with Gasteiger partial charge < -0.3 is 9.84 Å².